The summed E-state index contributed by atoms with van der Waals surface area (Å²) in [6, 6.07) is 16.7. The van der Waals surface area contributed by atoms with Crippen LogP contribution in [-0.4, -0.2) is 35.7 Å². The molecule has 126 valence electrons. The number of carbonyl (C=O) groups is 1. The predicted molar refractivity (Wildman–Crippen MR) is 95.5 cm³/mol. The molecule has 0 aliphatic carbocycles. The Morgan fingerprint density at radius 3 is 2.58 bits per heavy atom. The molecule has 24 heavy (non-hydrogen) atoms. The predicted octanol–water partition coefficient (Wildman–Crippen LogP) is 3.26. The molecule has 2 atom stereocenters. The van der Waals surface area contributed by atoms with Crippen LogP contribution in [0.2, 0.25) is 0 Å². The van der Waals surface area contributed by atoms with Gasteiger partial charge >= 0.3 is 0 Å². The first-order valence-corrected chi connectivity index (χ1v) is 9.09. The Kier molecular flexibility index (Phi) is 5.53. The van der Waals surface area contributed by atoms with Crippen molar-refractivity contribution >= 4 is 17.7 Å². The van der Waals surface area contributed by atoms with Crippen LogP contribution in [0.25, 0.3) is 0 Å². The van der Waals surface area contributed by atoms with Gasteiger partial charge in [-0.05, 0) is 17.7 Å². The van der Waals surface area contributed by atoms with E-state index >= 15 is 0 Å². The van der Waals surface area contributed by atoms with Gasteiger partial charge in [0.15, 0.2) is 0 Å². The summed E-state index contributed by atoms with van der Waals surface area (Å²) in [7, 11) is 0. The minimum Gasteiger partial charge on any atom is -0.340 e. The Labute approximate surface area is 146 Å². The number of halogens is 1. The molecule has 0 bridgehead atoms. The molecule has 0 aromatic heterocycles. The lowest BCUT2D eigenvalue weighted by molar-refractivity contribution is -0.129. The summed E-state index contributed by atoms with van der Waals surface area (Å²) in [6.45, 7) is 1.25. The quantitative estimate of drug-likeness (QED) is 0.847. The van der Waals surface area contributed by atoms with Gasteiger partial charge in [-0.2, -0.15) is 0 Å². The molecule has 0 unspecified atom stereocenters. The van der Waals surface area contributed by atoms with E-state index in [-0.39, 0.29) is 23.7 Å². The lowest BCUT2D eigenvalue weighted by Gasteiger charge is -2.16. The van der Waals surface area contributed by atoms with E-state index in [2.05, 4.69) is 12.1 Å². The molecule has 0 saturated carbocycles. The first-order chi connectivity index (χ1) is 11.6. The normalized spacial score (nSPS) is 20.3. The first kappa shape index (κ1) is 17.0. The van der Waals surface area contributed by atoms with Crippen LogP contribution in [0.15, 0.2) is 59.5 Å². The van der Waals surface area contributed by atoms with E-state index < -0.39 is 0 Å². The van der Waals surface area contributed by atoms with Gasteiger partial charge in [0.05, 0.1) is 0 Å². The van der Waals surface area contributed by atoms with Gasteiger partial charge < -0.3 is 10.6 Å². The average Bonchev–Trinajstić information content (AvgIpc) is 2.99. The van der Waals surface area contributed by atoms with E-state index in [0.717, 1.165) is 0 Å². The molecule has 3 rings (SSSR count). The maximum absolute atomic E-state index is 13.6. The fourth-order valence-electron chi connectivity index (χ4n) is 3.05. The van der Waals surface area contributed by atoms with Crippen LogP contribution in [0.4, 0.5) is 4.39 Å². The number of likely N-dealkylation sites (tertiary alicyclic amines) is 1. The summed E-state index contributed by atoms with van der Waals surface area (Å²) >= 11 is 1.38. The summed E-state index contributed by atoms with van der Waals surface area (Å²) in [5.41, 5.74) is 7.41. The Bertz CT molecular complexity index is 695. The Balaban J connectivity index is 1.52. The van der Waals surface area contributed by atoms with Gasteiger partial charge in [0.25, 0.3) is 0 Å². The molecular weight excluding hydrogens is 323 g/mol. The number of carbonyl (C=O) groups excluding carboxylic acids is 1. The molecular formula is C19H21FN2OS. The summed E-state index contributed by atoms with van der Waals surface area (Å²) in [5, 5.41) is 0. The van der Waals surface area contributed by atoms with Crippen molar-refractivity contribution in [3.05, 3.63) is 66.0 Å². The van der Waals surface area contributed by atoms with E-state index in [1.54, 1.807) is 18.2 Å². The van der Waals surface area contributed by atoms with Crippen molar-refractivity contribution in [2.24, 2.45) is 5.73 Å². The van der Waals surface area contributed by atoms with Crippen LogP contribution < -0.4 is 5.73 Å². The second-order valence-electron chi connectivity index (χ2n) is 6.01. The first-order valence-electron chi connectivity index (χ1n) is 8.11. The molecule has 1 aliphatic rings. The summed E-state index contributed by atoms with van der Waals surface area (Å²) in [6.07, 6.45) is 0.396. The highest BCUT2D eigenvalue weighted by atomic mass is 32.2. The third-order valence-electron chi connectivity index (χ3n) is 4.36. The third kappa shape index (κ3) is 3.97. The van der Waals surface area contributed by atoms with Crippen LogP contribution in [0.1, 0.15) is 17.9 Å². The standard InChI is InChI=1S/C19H21FN2OS/c20-16-8-4-5-9-18(16)24-11-10-19(23)22-12-15(17(21)13-22)14-6-2-1-3-7-14/h1-9,15,17H,10-13,21H2/t15-,17+/m0/s1. The molecule has 2 aromatic carbocycles. The topological polar surface area (TPSA) is 46.3 Å². The minimum absolute atomic E-state index is 0.0319. The van der Waals surface area contributed by atoms with E-state index in [1.807, 2.05) is 23.1 Å². The van der Waals surface area contributed by atoms with Crippen LogP contribution >= 0.6 is 11.8 Å². The molecule has 1 aliphatic heterocycles. The third-order valence-corrected chi connectivity index (χ3v) is 5.41. The molecule has 1 saturated heterocycles. The maximum Gasteiger partial charge on any atom is 0.223 e. The Morgan fingerprint density at radius 1 is 1.12 bits per heavy atom. The SMILES string of the molecule is N[C@@H]1CN(C(=O)CCSc2ccccc2F)C[C@H]1c1ccccc1. The van der Waals surface area contributed by atoms with Gasteiger partial charge in [0.2, 0.25) is 5.91 Å². The van der Waals surface area contributed by atoms with Gasteiger partial charge in [-0.15, -0.1) is 11.8 Å². The molecule has 1 heterocycles. The molecule has 1 amide bonds. The highest BCUT2D eigenvalue weighted by molar-refractivity contribution is 7.99. The van der Waals surface area contributed by atoms with Crippen LogP contribution in [0.3, 0.4) is 0 Å². The van der Waals surface area contributed by atoms with Gasteiger partial charge in [0, 0.05) is 42.1 Å². The molecule has 0 radical (unpaired) electrons. The summed E-state index contributed by atoms with van der Waals surface area (Å²) in [4.78, 5) is 14.8. The lowest BCUT2D eigenvalue weighted by atomic mass is 9.95. The minimum atomic E-state index is -0.234. The van der Waals surface area contributed by atoms with Gasteiger partial charge in [0.1, 0.15) is 5.82 Å². The van der Waals surface area contributed by atoms with Crippen LogP contribution in [0, 0.1) is 5.82 Å². The van der Waals surface area contributed by atoms with Crippen molar-refractivity contribution in [2.75, 3.05) is 18.8 Å². The van der Waals surface area contributed by atoms with E-state index in [4.69, 9.17) is 5.73 Å². The van der Waals surface area contributed by atoms with E-state index in [9.17, 15) is 9.18 Å². The zero-order valence-electron chi connectivity index (χ0n) is 13.4. The summed E-state index contributed by atoms with van der Waals surface area (Å²) < 4.78 is 13.6. The smallest absolute Gasteiger partial charge is 0.223 e. The molecule has 5 heteroatoms. The number of hydrogen-bond donors (Lipinski definition) is 1. The molecule has 3 nitrogen and oxygen atoms in total. The van der Waals surface area contributed by atoms with Gasteiger partial charge in [-0.1, -0.05) is 42.5 Å². The summed E-state index contributed by atoms with van der Waals surface area (Å²) in [5.74, 6) is 0.617. The molecule has 0 spiro atoms. The van der Waals surface area contributed by atoms with Crippen LogP contribution in [0.5, 0.6) is 0 Å². The zero-order valence-corrected chi connectivity index (χ0v) is 14.2. The maximum atomic E-state index is 13.6. The van der Waals surface area contributed by atoms with Crippen molar-refractivity contribution in [3.8, 4) is 0 Å². The number of thioether (sulfide) groups is 1. The number of nitrogens with two attached hydrogens (primary N) is 1. The second-order valence-corrected chi connectivity index (χ2v) is 7.15. The van der Waals surface area contributed by atoms with E-state index in [1.165, 1.54) is 23.4 Å². The molecule has 2 aromatic rings. The Morgan fingerprint density at radius 2 is 1.83 bits per heavy atom. The molecule has 1 fully saturated rings. The fourth-order valence-corrected chi connectivity index (χ4v) is 3.93. The second kappa shape index (κ2) is 7.81. The van der Waals surface area contributed by atoms with E-state index in [0.29, 0.717) is 30.2 Å². The van der Waals surface area contributed by atoms with Crippen molar-refractivity contribution in [3.63, 3.8) is 0 Å². The number of amides is 1. The number of benzene rings is 2. The van der Waals surface area contributed by atoms with Crippen LogP contribution in [-0.2, 0) is 4.79 Å². The molecule has 2 N–H and O–H groups in total. The highest BCUT2D eigenvalue weighted by Crippen LogP contribution is 2.27. The Hall–Kier alpha value is -1.85. The van der Waals surface area contributed by atoms with Crippen molar-refractivity contribution in [2.45, 2.75) is 23.3 Å². The zero-order chi connectivity index (χ0) is 16.9. The monoisotopic (exact) mass is 344 g/mol. The number of hydrogen-bond acceptors (Lipinski definition) is 3. The average molecular weight is 344 g/mol. The van der Waals surface area contributed by atoms with Crippen molar-refractivity contribution in [1.29, 1.82) is 0 Å². The fraction of sp³-hybridized carbons (Fsp3) is 0.316. The van der Waals surface area contributed by atoms with Gasteiger partial charge in [-0.25, -0.2) is 4.39 Å². The number of rotatable bonds is 5. The van der Waals surface area contributed by atoms with Gasteiger partial charge in [-0.3, -0.25) is 4.79 Å². The number of nitrogens with zero attached hydrogens (tertiary/aromatic N) is 1. The highest BCUT2D eigenvalue weighted by Gasteiger charge is 2.33. The van der Waals surface area contributed by atoms with Crippen molar-refractivity contribution < 1.29 is 9.18 Å². The largest absolute Gasteiger partial charge is 0.340 e. The van der Waals surface area contributed by atoms with Crippen molar-refractivity contribution in [1.82, 2.24) is 4.90 Å². The lowest BCUT2D eigenvalue weighted by Crippen LogP contribution is -2.32.